The second-order valence-corrected chi connectivity index (χ2v) is 9.44. The quantitative estimate of drug-likeness (QED) is 0.616. The van der Waals surface area contributed by atoms with Crippen molar-refractivity contribution < 1.29 is 23.8 Å². The van der Waals surface area contributed by atoms with Crippen molar-refractivity contribution in [2.24, 2.45) is 0 Å². The molecule has 36 heavy (non-hydrogen) atoms. The van der Waals surface area contributed by atoms with Gasteiger partial charge in [-0.25, -0.2) is 19.7 Å². The van der Waals surface area contributed by atoms with Crippen LogP contribution in [0.5, 0.6) is 5.75 Å². The van der Waals surface area contributed by atoms with E-state index in [0.717, 1.165) is 25.1 Å². The van der Waals surface area contributed by atoms with Crippen molar-refractivity contribution in [2.45, 2.75) is 51.5 Å². The maximum absolute atomic E-state index is 13.4. The number of nitrogens with zero attached hydrogens (tertiary/aromatic N) is 5. The highest BCUT2D eigenvalue weighted by atomic mass is 16.7. The van der Waals surface area contributed by atoms with Crippen LogP contribution in [0.15, 0.2) is 24.5 Å². The van der Waals surface area contributed by atoms with Gasteiger partial charge in [-0.1, -0.05) is 0 Å². The van der Waals surface area contributed by atoms with Crippen LogP contribution in [-0.2, 0) is 9.47 Å². The van der Waals surface area contributed by atoms with E-state index in [1.54, 1.807) is 29.4 Å². The lowest BCUT2D eigenvalue weighted by Crippen LogP contribution is -2.56. The lowest BCUT2D eigenvalue weighted by molar-refractivity contribution is -0.141. The monoisotopic (exact) mass is 497 g/mol. The normalized spacial score (nSPS) is 22.1. The highest BCUT2D eigenvalue weighted by Crippen LogP contribution is 2.37. The molecule has 5 heterocycles. The molecule has 2 fully saturated rings. The van der Waals surface area contributed by atoms with E-state index in [1.807, 2.05) is 20.8 Å². The Morgan fingerprint density at radius 2 is 2.11 bits per heavy atom. The first-order valence-corrected chi connectivity index (χ1v) is 12.2. The maximum atomic E-state index is 13.4. The predicted octanol–water partition coefficient (Wildman–Crippen LogP) is 2.17. The van der Waals surface area contributed by atoms with Gasteiger partial charge in [-0.15, -0.1) is 0 Å². The molecule has 3 aliphatic heterocycles. The zero-order valence-corrected chi connectivity index (χ0v) is 20.7. The highest BCUT2D eigenvalue weighted by molar-refractivity contribution is 6.04. The van der Waals surface area contributed by atoms with Crippen LogP contribution in [0.4, 0.5) is 22.1 Å². The Morgan fingerprint density at radius 3 is 2.83 bits per heavy atom. The van der Waals surface area contributed by atoms with E-state index in [-0.39, 0.29) is 29.9 Å². The van der Waals surface area contributed by atoms with Gasteiger partial charge in [0.2, 0.25) is 5.82 Å². The molecule has 2 atom stereocenters. The standard InChI is InChI=1S/C24H31N7O5/c1-4-25-22(32)20-27-11-18-21(29-20)31(15-6-5-9-30(18)12-15)23(33)28-19-8-7-16(10-26-19)34-13-17-14-35-24(2,3)36-17/h7-8,10-11,15,17H,4-6,9,12-14H2,1-3H3,(H,25,32)(H,26,28,33). The Kier molecular flexibility index (Phi) is 6.63. The molecule has 2 bridgehead atoms. The van der Waals surface area contributed by atoms with Gasteiger partial charge in [0.1, 0.15) is 24.3 Å². The zero-order chi connectivity index (χ0) is 25.3. The summed E-state index contributed by atoms with van der Waals surface area (Å²) in [6.45, 7) is 8.38. The lowest BCUT2D eigenvalue weighted by Gasteiger charge is -2.45. The number of piperidine rings is 1. The Morgan fingerprint density at radius 1 is 1.25 bits per heavy atom. The maximum Gasteiger partial charge on any atom is 0.329 e. The van der Waals surface area contributed by atoms with Gasteiger partial charge in [-0.3, -0.25) is 15.0 Å². The van der Waals surface area contributed by atoms with Crippen LogP contribution in [-0.4, -0.2) is 77.7 Å². The molecule has 2 saturated heterocycles. The molecule has 0 spiro atoms. The minimum atomic E-state index is -0.603. The zero-order valence-electron chi connectivity index (χ0n) is 20.7. The molecular formula is C24H31N7O5. The molecule has 0 radical (unpaired) electrons. The molecular weight excluding hydrogens is 466 g/mol. The van der Waals surface area contributed by atoms with Crippen LogP contribution in [0.3, 0.4) is 0 Å². The topological polar surface area (TPSA) is 131 Å². The van der Waals surface area contributed by atoms with Crippen LogP contribution in [0.25, 0.3) is 0 Å². The number of pyridine rings is 1. The summed E-state index contributed by atoms with van der Waals surface area (Å²) < 4.78 is 17.1. The summed E-state index contributed by atoms with van der Waals surface area (Å²) in [4.78, 5) is 42.6. The summed E-state index contributed by atoms with van der Waals surface area (Å²) >= 11 is 0. The molecule has 0 saturated carbocycles. The predicted molar refractivity (Wildman–Crippen MR) is 131 cm³/mol. The summed E-state index contributed by atoms with van der Waals surface area (Å²) in [5.74, 6) is 0.435. The molecule has 192 valence electrons. The first kappa shape index (κ1) is 24.2. The number of urea groups is 1. The number of nitrogens with one attached hydrogen (secondary N) is 2. The van der Waals surface area contributed by atoms with Crippen molar-refractivity contribution in [1.82, 2.24) is 20.3 Å². The number of carbonyl (C=O) groups excluding carboxylic acids is 2. The second kappa shape index (κ2) is 9.86. The number of rotatable bonds is 6. The number of hydrogen-bond acceptors (Lipinski definition) is 9. The largest absolute Gasteiger partial charge is 0.489 e. The van der Waals surface area contributed by atoms with Crippen LogP contribution in [0.2, 0.25) is 0 Å². The Hall–Kier alpha value is -3.51. The average molecular weight is 498 g/mol. The summed E-state index contributed by atoms with van der Waals surface area (Å²) in [5.41, 5.74) is 0.743. The summed E-state index contributed by atoms with van der Waals surface area (Å²) in [5, 5.41) is 5.57. The van der Waals surface area contributed by atoms with Gasteiger partial charge >= 0.3 is 6.03 Å². The SMILES string of the molecule is CCNC(=O)c1ncc2c(n1)N(C(=O)Nc1ccc(OCC3COC(C)(C)O3)cn1)C1CCCN2C1. The number of aromatic nitrogens is 3. The van der Waals surface area contributed by atoms with E-state index in [9.17, 15) is 9.59 Å². The third-order valence-corrected chi connectivity index (χ3v) is 6.31. The molecule has 2 aromatic rings. The molecule has 12 heteroatoms. The Labute approximate surface area is 209 Å². The van der Waals surface area contributed by atoms with Crippen LogP contribution >= 0.6 is 0 Å². The summed E-state index contributed by atoms with van der Waals surface area (Å²) in [7, 11) is 0. The van der Waals surface area contributed by atoms with Crippen LogP contribution < -0.4 is 25.2 Å². The van der Waals surface area contributed by atoms with E-state index >= 15 is 0 Å². The third kappa shape index (κ3) is 5.05. The number of ether oxygens (including phenoxy) is 3. The number of hydrogen-bond donors (Lipinski definition) is 2. The number of anilines is 3. The van der Waals surface area contributed by atoms with Crippen molar-refractivity contribution in [3.8, 4) is 5.75 Å². The third-order valence-electron chi connectivity index (χ3n) is 6.31. The number of amides is 3. The van der Waals surface area contributed by atoms with Crippen LogP contribution in [0.1, 0.15) is 44.2 Å². The van der Waals surface area contributed by atoms with Crippen molar-refractivity contribution in [1.29, 1.82) is 0 Å². The van der Waals surface area contributed by atoms with Crippen molar-refractivity contribution in [3.05, 3.63) is 30.4 Å². The molecule has 3 aliphatic rings. The van der Waals surface area contributed by atoms with Crippen LogP contribution in [0, 0.1) is 0 Å². The Bertz CT molecular complexity index is 1130. The molecule has 2 unspecified atom stereocenters. The van der Waals surface area contributed by atoms with Crippen molar-refractivity contribution in [2.75, 3.05) is 48.0 Å². The van der Waals surface area contributed by atoms with Gasteiger partial charge in [0.25, 0.3) is 5.91 Å². The minimum Gasteiger partial charge on any atom is -0.489 e. The molecule has 0 aliphatic carbocycles. The number of fused-ring (bicyclic) bond motifs is 4. The molecule has 2 N–H and O–H groups in total. The summed E-state index contributed by atoms with van der Waals surface area (Å²) in [6.07, 6.45) is 4.81. The van der Waals surface area contributed by atoms with E-state index in [4.69, 9.17) is 14.2 Å². The first-order valence-electron chi connectivity index (χ1n) is 12.2. The fraction of sp³-hybridized carbons (Fsp3) is 0.542. The van der Waals surface area contributed by atoms with Gasteiger partial charge in [0, 0.05) is 19.6 Å². The molecule has 3 amide bonds. The smallest absolute Gasteiger partial charge is 0.329 e. The van der Waals surface area contributed by atoms with Gasteiger partial charge in [0.15, 0.2) is 11.6 Å². The van der Waals surface area contributed by atoms with E-state index in [1.165, 1.54) is 0 Å². The lowest BCUT2D eigenvalue weighted by atomic mass is 10.0. The fourth-order valence-corrected chi connectivity index (χ4v) is 4.68. The molecule has 2 aromatic heterocycles. The van der Waals surface area contributed by atoms with Gasteiger partial charge in [0.05, 0.1) is 30.7 Å². The minimum absolute atomic E-state index is 0.0363. The molecule has 0 aromatic carbocycles. The van der Waals surface area contributed by atoms with E-state index in [0.29, 0.717) is 43.7 Å². The van der Waals surface area contributed by atoms with E-state index in [2.05, 4.69) is 30.5 Å². The molecule has 12 nitrogen and oxygen atoms in total. The number of carbonyl (C=O) groups is 2. The van der Waals surface area contributed by atoms with Crippen molar-refractivity contribution >= 4 is 29.3 Å². The van der Waals surface area contributed by atoms with Gasteiger partial charge in [-0.05, 0) is 45.7 Å². The highest BCUT2D eigenvalue weighted by Gasteiger charge is 2.39. The first-order chi connectivity index (χ1) is 17.3. The fourth-order valence-electron chi connectivity index (χ4n) is 4.68. The molecule has 5 rings (SSSR count). The van der Waals surface area contributed by atoms with Gasteiger partial charge in [-0.2, -0.15) is 0 Å². The van der Waals surface area contributed by atoms with E-state index < -0.39 is 5.79 Å². The average Bonchev–Trinajstić information content (AvgIpc) is 3.22. The Balaban J connectivity index is 1.28. The second-order valence-electron chi connectivity index (χ2n) is 9.44. The summed E-state index contributed by atoms with van der Waals surface area (Å²) in [6, 6.07) is 3.00. The van der Waals surface area contributed by atoms with Crippen molar-refractivity contribution in [3.63, 3.8) is 0 Å². The van der Waals surface area contributed by atoms with Gasteiger partial charge < -0.3 is 24.4 Å².